The van der Waals surface area contributed by atoms with Crippen molar-refractivity contribution in [2.45, 2.75) is 19.0 Å². The summed E-state index contributed by atoms with van der Waals surface area (Å²) in [5.74, 6) is 0.107. The number of aromatic nitrogens is 4. The van der Waals surface area contributed by atoms with Gasteiger partial charge in [0.25, 0.3) is 0 Å². The monoisotopic (exact) mass is 423 g/mol. The lowest BCUT2D eigenvalue weighted by atomic mass is 10.1. The summed E-state index contributed by atoms with van der Waals surface area (Å²) in [5.41, 5.74) is 5.28. The zero-order chi connectivity index (χ0) is 20.4. The fourth-order valence-corrected chi connectivity index (χ4v) is 3.63. The number of aryl methyl sites for hydroxylation is 2. The number of fused-ring (bicyclic) bond motifs is 1. The molecule has 0 fully saturated rings. The molecule has 1 amide bonds. The Kier molecular flexibility index (Phi) is 5.51. The Bertz CT molecular complexity index is 1190. The van der Waals surface area contributed by atoms with Crippen LogP contribution in [-0.2, 0) is 4.79 Å². The van der Waals surface area contributed by atoms with Crippen molar-refractivity contribution >= 4 is 40.6 Å². The molecule has 8 heteroatoms. The minimum atomic E-state index is -0.102. The minimum absolute atomic E-state index is 0.102. The Hall–Kier alpha value is -2.90. The van der Waals surface area contributed by atoms with Crippen molar-refractivity contribution in [2.75, 3.05) is 11.1 Å². The van der Waals surface area contributed by atoms with Gasteiger partial charge in [-0.05, 0) is 55.3 Å². The molecule has 146 valence electrons. The number of benzene rings is 2. The normalized spacial score (nSPS) is 11.0. The molecule has 29 heavy (non-hydrogen) atoms. The van der Waals surface area contributed by atoms with Crippen LogP contribution in [0, 0.1) is 13.8 Å². The molecule has 0 aliphatic rings. The summed E-state index contributed by atoms with van der Waals surface area (Å²) in [5, 5.41) is 17.1. The van der Waals surface area contributed by atoms with Gasteiger partial charge in [-0.1, -0.05) is 47.6 Å². The first-order chi connectivity index (χ1) is 14.0. The number of amides is 1. The maximum absolute atomic E-state index is 12.4. The van der Waals surface area contributed by atoms with Crippen molar-refractivity contribution in [3.05, 3.63) is 70.7 Å². The highest BCUT2D eigenvalue weighted by Crippen LogP contribution is 2.23. The van der Waals surface area contributed by atoms with Crippen LogP contribution in [-0.4, -0.2) is 31.5 Å². The van der Waals surface area contributed by atoms with Crippen LogP contribution in [0.4, 0.5) is 5.69 Å². The van der Waals surface area contributed by atoms with Gasteiger partial charge in [0.05, 0.1) is 11.4 Å². The van der Waals surface area contributed by atoms with Gasteiger partial charge < -0.3 is 5.32 Å². The van der Waals surface area contributed by atoms with E-state index >= 15 is 0 Å². The fourth-order valence-electron chi connectivity index (χ4n) is 2.82. The van der Waals surface area contributed by atoms with Crippen molar-refractivity contribution in [1.82, 2.24) is 19.8 Å². The second-order valence-corrected chi connectivity index (χ2v) is 8.01. The number of carbonyl (C=O) groups is 1. The molecule has 2 aromatic heterocycles. The Morgan fingerprint density at radius 3 is 2.66 bits per heavy atom. The Morgan fingerprint density at radius 2 is 1.86 bits per heavy atom. The number of halogens is 1. The number of thioether (sulfide) groups is 1. The molecule has 2 aromatic carbocycles. The van der Waals surface area contributed by atoms with E-state index in [1.54, 1.807) is 4.52 Å². The Balaban J connectivity index is 1.50. The van der Waals surface area contributed by atoms with E-state index in [1.807, 2.05) is 68.4 Å². The van der Waals surface area contributed by atoms with Gasteiger partial charge in [-0.3, -0.25) is 4.79 Å². The molecule has 6 nitrogen and oxygen atoms in total. The highest BCUT2D eigenvalue weighted by molar-refractivity contribution is 7.99. The van der Waals surface area contributed by atoms with Crippen molar-refractivity contribution in [1.29, 1.82) is 0 Å². The number of anilines is 1. The number of hydrogen-bond donors (Lipinski definition) is 1. The first-order valence-electron chi connectivity index (χ1n) is 8.98. The van der Waals surface area contributed by atoms with Crippen molar-refractivity contribution in [2.24, 2.45) is 0 Å². The average Bonchev–Trinajstić information content (AvgIpc) is 3.12. The lowest BCUT2D eigenvalue weighted by Crippen LogP contribution is -2.15. The average molecular weight is 424 g/mol. The molecule has 0 aliphatic heterocycles. The first-order valence-corrected chi connectivity index (χ1v) is 10.3. The van der Waals surface area contributed by atoms with Gasteiger partial charge in [0.1, 0.15) is 0 Å². The zero-order valence-corrected chi connectivity index (χ0v) is 17.5. The third kappa shape index (κ3) is 4.41. The summed E-state index contributed by atoms with van der Waals surface area (Å²) in [6, 6.07) is 17.2. The van der Waals surface area contributed by atoms with Crippen LogP contribution in [0.25, 0.3) is 16.9 Å². The summed E-state index contributed by atoms with van der Waals surface area (Å²) in [6.45, 7) is 3.96. The summed E-state index contributed by atoms with van der Waals surface area (Å²) < 4.78 is 1.65. The maximum atomic E-state index is 12.4. The fraction of sp³-hybridized carbons (Fsp3) is 0.143. The molecule has 0 saturated heterocycles. The Morgan fingerprint density at radius 1 is 1.07 bits per heavy atom. The van der Waals surface area contributed by atoms with Gasteiger partial charge in [0.15, 0.2) is 5.65 Å². The first kappa shape index (κ1) is 19.4. The van der Waals surface area contributed by atoms with E-state index in [2.05, 4.69) is 20.6 Å². The van der Waals surface area contributed by atoms with Gasteiger partial charge >= 0.3 is 0 Å². The van der Waals surface area contributed by atoms with Gasteiger partial charge in [-0.2, -0.15) is 9.61 Å². The number of carbonyl (C=O) groups excluding carboxylic acids is 1. The SMILES string of the molecule is Cc1ccc(C)c(NC(=O)CSc2nnc3ccc(-c4ccc(Cl)cc4)nn23)c1. The lowest BCUT2D eigenvalue weighted by molar-refractivity contribution is -0.113. The van der Waals surface area contributed by atoms with Gasteiger partial charge in [-0.15, -0.1) is 10.2 Å². The third-order valence-electron chi connectivity index (χ3n) is 4.37. The summed E-state index contributed by atoms with van der Waals surface area (Å²) >= 11 is 7.26. The molecular weight excluding hydrogens is 406 g/mol. The Labute approximate surface area is 177 Å². The molecule has 0 aliphatic carbocycles. The van der Waals surface area contributed by atoms with E-state index in [4.69, 9.17) is 11.6 Å². The van der Waals surface area contributed by atoms with E-state index in [-0.39, 0.29) is 11.7 Å². The van der Waals surface area contributed by atoms with E-state index in [1.165, 1.54) is 11.8 Å². The van der Waals surface area contributed by atoms with Crippen LogP contribution in [0.5, 0.6) is 0 Å². The molecular formula is C21H18ClN5OS. The topological polar surface area (TPSA) is 72.2 Å². The predicted molar refractivity (Wildman–Crippen MR) is 116 cm³/mol. The van der Waals surface area contributed by atoms with Crippen LogP contribution in [0.1, 0.15) is 11.1 Å². The minimum Gasteiger partial charge on any atom is -0.325 e. The maximum Gasteiger partial charge on any atom is 0.234 e. The molecule has 0 radical (unpaired) electrons. The standard InChI is InChI=1S/C21H18ClN5OS/c1-13-3-4-14(2)18(11-13)23-20(28)12-29-21-25-24-19-10-9-17(26-27(19)21)15-5-7-16(22)8-6-15/h3-11H,12H2,1-2H3,(H,23,28). The number of nitrogens with one attached hydrogen (secondary N) is 1. The highest BCUT2D eigenvalue weighted by atomic mass is 35.5. The molecule has 0 atom stereocenters. The smallest absolute Gasteiger partial charge is 0.234 e. The highest BCUT2D eigenvalue weighted by Gasteiger charge is 2.12. The second kappa shape index (κ2) is 8.23. The van der Waals surface area contributed by atoms with Crippen molar-refractivity contribution < 1.29 is 4.79 Å². The van der Waals surface area contributed by atoms with Crippen molar-refractivity contribution in [3.8, 4) is 11.3 Å². The van der Waals surface area contributed by atoms with Crippen molar-refractivity contribution in [3.63, 3.8) is 0 Å². The molecule has 0 unspecified atom stereocenters. The van der Waals surface area contributed by atoms with Crippen LogP contribution in [0.2, 0.25) is 5.02 Å². The lowest BCUT2D eigenvalue weighted by Gasteiger charge is -2.09. The third-order valence-corrected chi connectivity index (χ3v) is 5.55. The van der Waals surface area contributed by atoms with Gasteiger partial charge in [-0.25, -0.2) is 0 Å². The molecule has 0 bridgehead atoms. The summed E-state index contributed by atoms with van der Waals surface area (Å²) in [4.78, 5) is 12.4. The molecule has 0 saturated carbocycles. The van der Waals surface area contributed by atoms with Crippen LogP contribution in [0.15, 0.2) is 59.8 Å². The molecule has 4 rings (SSSR count). The van der Waals surface area contributed by atoms with Gasteiger partial charge in [0, 0.05) is 16.3 Å². The second-order valence-electron chi connectivity index (χ2n) is 6.63. The number of nitrogens with zero attached hydrogens (tertiary/aromatic N) is 4. The van der Waals surface area contributed by atoms with E-state index in [9.17, 15) is 4.79 Å². The van der Waals surface area contributed by atoms with Gasteiger partial charge in [0.2, 0.25) is 11.1 Å². The largest absolute Gasteiger partial charge is 0.325 e. The van der Waals surface area contributed by atoms with Crippen LogP contribution >= 0.6 is 23.4 Å². The molecule has 1 N–H and O–H groups in total. The van der Waals surface area contributed by atoms with E-state index < -0.39 is 0 Å². The van der Waals surface area contributed by atoms with E-state index in [0.29, 0.717) is 15.8 Å². The predicted octanol–water partition coefficient (Wildman–Crippen LogP) is 4.79. The summed E-state index contributed by atoms with van der Waals surface area (Å²) in [7, 11) is 0. The quantitative estimate of drug-likeness (QED) is 0.467. The molecule has 2 heterocycles. The summed E-state index contributed by atoms with van der Waals surface area (Å²) in [6.07, 6.45) is 0. The molecule has 0 spiro atoms. The van der Waals surface area contributed by atoms with Crippen LogP contribution < -0.4 is 5.32 Å². The van der Waals surface area contributed by atoms with E-state index in [0.717, 1.165) is 28.1 Å². The zero-order valence-electron chi connectivity index (χ0n) is 15.9. The molecule has 4 aromatic rings. The van der Waals surface area contributed by atoms with Crippen LogP contribution in [0.3, 0.4) is 0 Å². The number of rotatable bonds is 5. The number of hydrogen-bond acceptors (Lipinski definition) is 5.